The molecular formula is C22H24N2O4. The van der Waals surface area contributed by atoms with Crippen molar-refractivity contribution >= 4 is 12.0 Å². The topological polar surface area (TPSA) is 76.7 Å². The zero-order valence-electron chi connectivity index (χ0n) is 16.0. The summed E-state index contributed by atoms with van der Waals surface area (Å²) in [5.41, 5.74) is 2.77. The predicted octanol–water partition coefficient (Wildman–Crippen LogP) is 3.50. The summed E-state index contributed by atoms with van der Waals surface area (Å²) in [4.78, 5) is 24.7. The first kappa shape index (κ1) is 19.5. The summed E-state index contributed by atoms with van der Waals surface area (Å²) in [6, 6.07) is 16.2. The molecule has 3 rings (SSSR count). The molecule has 1 heterocycles. The lowest BCUT2D eigenvalue weighted by Crippen LogP contribution is -2.45. The maximum Gasteiger partial charge on any atom is 0.338 e. The standard InChI is InChI=1S/C22H24N2O4/c1-3-27-18-11-9-17(10-12-18)20-19(15(2)23-22(26)24-20)21(25)28-14-13-16-7-5-4-6-8-16/h4-12,20H,3,13-14H2,1-2H3,(H2,23,24,26)/t20-/m1/s1. The number of carbonyl (C=O) groups is 2. The van der Waals surface area contributed by atoms with Crippen LogP contribution >= 0.6 is 0 Å². The van der Waals surface area contributed by atoms with Gasteiger partial charge in [0.2, 0.25) is 0 Å². The molecule has 0 bridgehead atoms. The van der Waals surface area contributed by atoms with E-state index in [0.29, 0.717) is 24.3 Å². The zero-order valence-corrected chi connectivity index (χ0v) is 16.0. The summed E-state index contributed by atoms with van der Waals surface area (Å²) in [5, 5.41) is 5.46. The molecule has 0 fully saturated rings. The van der Waals surface area contributed by atoms with Crippen LogP contribution in [0.1, 0.15) is 31.0 Å². The second kappa shape index (κ2) is 9.08. The molecule has 0 saturated heterocycles. The third-order valence-electron chi connectivity index (χ3n) is 4.48. The van der Waals surface area contributed by atoms with Crippen LogP contribution in [0.4, 0.5) is 4.79 Å². The number of carbonyl (C=O) groups excluding carboxylic acids is 2. The van der Waals surface area contributed by atoms with E-state index in [4.69, 9.17) is 9.47 Å². The summed E-state index contributed by atoms with van der Waals surface area (Å²) in [5.74, 6) is 0.291. The third-order valence-corrected chi connectivity index (χ3v) is 4.48. The zero-order chi connectivity index (χ0) is 19.9. The fourth-order valence-corrected chi connectivity index (χ4v) is 3.12. The third kappa shape index (κ3) is 4.71. The molecule has 146 valence electrons. The molecule has 6 nitrogen and oxygen atoms in total. The molecule has 1 aliphatic rings. The highest BCUT2D eigenvalue weighted by Gasteiger charge is 2.32. The van der Waals surface area contributed by atoms with Crippen molar-refractivity contribution in [2.24, 2.45) is 0 Å². The van der Waals surface area contributed by atoms with Crippen LogP contribution in [0.15, 0.2) is 65.9 Å². The molecule has 6 heteroatoms. The first-order chi connectivity index (χ1) is 13.6. The molecule has 0 aliphatic carbocycles. The molecular weight excluding hydrogens is 356 g/mol. The Balaban J connectivity index is 1.74. The molecule has 0 unspecified atom stereocenters. The number of rotatable bonds is 7. The van der Waals surface area contributed by atoms with Gasteiger partial charge in [-0.2, -0.15) is 0 Å². The number of ether oxygens (including phenoxy) is 2. The minimum absolute atomic E-state index is 0.267. The predicted molar refractivity (Wildman–Crippen MR) is 106 cm³/mol. The Bertz CT molecular complexity index is 860. The van der Waals surface area contributed by atoms with Crippen LogP contribution in [0.5, 0.6) is 5.75 Å². The normalized spacial score (nSPS) is 16.2. The Labute approximate surface area is 164 Å². The van der Waals surface area contributed by atoms with Crippen LogP contribution in [0.25, 0.3) is 0 Å². The van der Waals surface area contributed by atoms with Gasteiger partial charge in [0, 0.05) is 12.1 Å². The monoisotopic (exact) mass is 380 g/mol. The van der Waals surface area contributed by atoms with E-state index >= 15 is 0 Å². The van der Waals surface area contributed by atoms with E-state index in [-0.39, 0.29) is 12.6 Å². The number of urea groups is 1. The number of hydrogen-bond acceptors (Lipinski definition) is 4. The fraction of sp³-hybridized carbons (Fsp3) is 0.273. The van der Waals surface area contributed by atoms with E-state index in [2.05, 4.69) is 10.6 Å². The van der Waals surface area contributed by atoms with Crippen LogP contribution in [0, 0.1) is 0 Å². The quantitative estimate of drug-likeness (QED) is 0.721. The van der Waals surface area contributed by atoms with Gasteiger partial charge in [-0.25, -0.2) is 9.59 Å². The van der Waals surface area contributed by atoms with Gasteiger partial charge in [-0.05, 0) is 37.1 Å². The van der Waals surface area contributed by atoms with Gasteiger partial charge in [0.1, 0.15) is 5.75 Å². The Morgan fingerprint density at radius 3 is 2.46 bits per heavy atom. The van der Waals surface area contributed by atoms with Crippen molar-refractivity contribution in [1.82, 2.24) is 10.6 Å². The molecule has 0 spiro atoms. The molecule has 0 radical (unpaired) electrons. The highest BCUT2D eigenvalue weighted by atomic mass is 16.5. The van der Waals surface area contributed by atoms with E-state index in [1.165, 1.54) is 0 Å². The van der Waals surface area contributed by atoms with Gasteiger partial charge in [0.05, 0.1) is 24.8 Å². The van der Waals surface area contributed by atoms with Crippen LogP contribution in [-0.2, 0) is 16.0 Å². The largest absolute Gasteiger partial charge is 0.494 e. The summed E-state index contributed by atoms with van der Waals surface area (Å²) in [7, 11) is 0. The number of amides is 2. The molecule has 2 N–H and O–H groups in total. The number of hydrogen-bond donors (Lipinski definition) is 2. The van der Waals surface area contributed by atoms with Crippen molar-refractivity contribution in [2.45, 2.75) is 26.3 Å². The smallest absolute Gasteiger partial charge is 0.338 e. The molecule has 1 atom stereocenters. The summed E-state index contributed by atoms with van der Waals surface area (Å²) in [6.07, 6.45) is 0.631. The molecule has 2 aromatic carbocycles. The number of allylic oxidation sites excluding steroid dienone is 1. The Hall–Kier alpha value is -3.28. The Morgan fingerprint density at radius 2 is 1.79 bits per heavy atom. The van der Waals surface area contributed by atoms with Gasteiger partial charge in [0.15, 0.2) is 0 Å². The maximum absolute atomic E-state index is 12.8. The van der Waals surface area contributed by atoms with Crippen molar-refractivity contribution in [3.8, 4) is 5.75 Å². The van der Waals surface area contributed by atoms with Gasteiger partial charge < -0.3 is 20.1 Å². The fourth-order valence-electron chi connectivity index (χ4n) is 3.12. The molecule has 1 aliphatic heterocycles. The van der Waals surface area contributed by atoms with E-state index in [1.807, 2.05) is 61.5 Å². The SMILES string of the molecule is CCOc1ccc([C@H]2NC(=O)NC(C)=C2C(=O)OCCc2ccccc2)cc1. The summed E-state index contributed by atoms with van der Waals surface area (Å²) in [6.45, 7) is 4.45. The molecule has 0 aromatic heterocycles. The first-order valence-corrected chi connectivity index (χ1v) is 9.30. The van der Waals surface area contributed by atoms with Gasteiger partial charge in [-0.1, -0.05) is 42.5 Å². The van der Waals surface area contributed by atoms with Crippen LogP contribution in [0.2, 0.25) is 0 Å². The average molecular weight is 380 g/mol. The van der Waals surface area contributed by atoms with Crippen molar-refractivity contribution in [3.63, 3.8) is 0 Å². The van der Waals surface area contributed by atoms with Crippen LogP contribution < -0.4 is 15.4 Å². The average Bonchev–Trinajstić information content (AvgIpc) is 2.69. The Morgan fingerprint density at radius 1 is 1.07 bits per heavy atom. The second-order valence-corrected chi connectivity index (χ2v) is 6.44. The molecule has 28 heavy (non-hydrogen) atoms. The van der Waals surface area contributed by atoms with Crippen molar-refractivity contribution in [1.29, 1.82) is 0 Å². The lowest BCUT2D eigenvalue weighted by atomic mass is 9.95. The first-order valence-electron chi connectivity index (χ1n) is 9.30. The van der Waals surface area contributed by atoms with Crippen LogP contribution in [0.3, 0.4) is 0 Å². The Kier molecular flexibility index (Phi) is 6.32. The number of esters is 1. The van der Waals surface area contributed by atoms with Gasteiger partial charge in [-0.15, -0.1) is 0 Å². The highest BCUT2D eigenvalue weighted by molar-refractivity contribution is 5.95. The van der Waals surface area contributed by atoms with Crippen molar-refractivity contribution in [3.05, 3.63) is 77.0 Å². The lowest BCUT2D eigenvalue weighted by molar-refractivity contribution is -0.139. The number of benzene rings is 2. The van der Waals surface area contributed by atoms with Crippen molar-refractivity contribution < 1.29 is 19.1 Å². The van der Waals surface area contributed by atoms with Crippen LogP contribution in [-0.4, -0.2) is 25.2 Å². The van der Waals surface area contributed by atoms with Gasteiger partial charge >= 0.3 is 12.0 Å². The van der Waals surface area contributed by atoms with E-state index in [0.717, 1.165) is 16.9 Å². The maximum atomic E-state index is 12.8. The van der Waals surface area contributed by atoms with Crippen molar-refractivity contribution in [2.75, 3.05) is 13.2 Å². The summed E-state index contributed by atoms with van der Waals surface area (Å²) < 4.78 is 10.9. The number of nitrogens with one attached hydrogen (secondary N) is 2. The molecule has 2 amide bonds. The minimum Gasteiger partial charge on any atom is -0.494 e. The second-order valence-electron chi connectivity index (χ2n) is 6.44. The minimum atomic E-state index is -0.575. The van der Waals surface area contributed by atoms with E-state index in [1.54, 1.807) is 6.92 Å². The van der Waals surface area contributed by atoms with Gasteiger partial charge in [0.25, 0.3) is 0 Å². The molecule has 0 saturated carbocycles. The van der Waals surface area contributed by atoms with E-state index < -0.39 is 12.0 Å². The lowest BCUT2D eigenvalue weighted by Gasteiger charge is -2.28. The van der Waals surface area contributed by atoms with E-state index in [9.17, 15) is 9.59 Å². The highest BCUT2D eigenvalue weighted by Crippen LogP contribution is 2.28. The molecule has 2 aromatic rings. The summed E-state index contributed by atoms with van der Waals surface area (Å²) >= 11 is 0. The van der Waals surface area contributed by atoms with Gasteiger partial charge in [-0.3, -0.25) is 0 Å².